The molecule has 1 N–H and O–H groups in total. The number of rotatable bonds is 5. The molecule has 21 heavy (non-hydrogen) atoms. The van der Waals surface area contributed by atoms with Crippen molar-refractivity contribution < 1.29 is 9.90 Å². The van der Waals surface area contributed by atoms with Crippen molar-refractivity contribution in [1.82, 2.24) is 9.88 Å². The number of hydrogen-bond acceptors (Lipinski definition) is 4. The lowest BCUT2D eigenvalue weighted by Gasteiger charge is -2.25. The molecule has 112 valence electrons. The first-order valence-electron chi connectivity index (χ1n) is 7.01. The van der Waals surface area contributed by atoms with E-state index in [1.807, 2.05) is 42.2 Å². The first-order valence-corrected chi connectivity index (χ1v) is 7.01. The molecule has 0 saturated carbocycles. The van der Waals surface area contributed by atoms with Gasteiger partial charge in [-0.25, -0.2) is 4.98 Å². The van der Waals surface area contributed by atoms with Gasteiger partial charge in [0.15, 0.2) is 0 Å². The Balaban J connectivity index is 2.44. The number of aromatic nitrogens is 1. The summed E-state index contributed by atoms with van der Waals surface area (Å²) in [5, 5.41) is 10.6. The second-order valence-corrected chi connectivity index (χ2v) is 5.12. The fourth-order valence-electron chi connectivity index (χ4n) is 2.18. The molecule has 1 heterocycles. The fraction of sp³-hybridized carbons (Fsp3) is 0.375. The lowest BCUT2D eigenvalue weighted by Crippen LogP contribution is -2.37. The van der Waals surface area contributed by atoms with Crippen LogP contribution in [-0.2, 0) is 11.4 Å². The molecule has 0 radical (unpaired) electrons. The van der Waals surface area contributed by atoms with Gasteiger partial charge in [0.2, 0.25) is 5.91 Å². The maximum Gasteiger partial charge on any atom is 0.241 e. The maximum absolute atomic E-state index is 11.9. The number of para-hydroxylation sites is 1. The van der Waals surface area contributed by atoms with E-state index >= 15 is 0 Å². The highest BCUT2D eigenvalue weighted by Crippen LogP contribution is 2.23. The number of anilines is 1. The van der Waals surface area contributed by atoms with Crippen LogP contribution >= 0.6 is 0 Å². The predicted octanol–water partition coefficient (Wildman–Crippen LogP) is 1.64. The van der Waals surface area contributed by atoms with Crippen LogP contribution in [0.15, 0.2) is 30.3 Å². The molecule has 1 amide bonds. The molecule has 0 fully saturated rings. The second-order valence-electron chi connectivity index (χ2n) is 5.12. The van der Waals surface area contributed by atoms with Crippen LogP contribution < -0.4 is 4.90 Å². The number of aliphatic hydroxyl groups is 1. The van der Waals surface area contributed by atoms with E-state index in [9.17, 15) is 9.90 Å². The first-order chi connectivity index (χ1) is 10.1. The number of aliphatic hydroxyl groups excluding tert-OH is 1. The molecule has 1 aromatic carbocycles. The van der Waals surface area contributed by atoms with Gasteiger partial charge >= 0.3 is 0 Å². The second kappa shape index (κ2) is 6.54. The number of benzene rings is 1. The van der Waals surface area contributed by atoms with Crippen molar-refractivity contribution in [2.75, 3.05) is 32.1 Å². The lowest BCUT2D eigenvalue weighted by molar-refractivity contribution is -0.127. The summed E-state index contributed by atoms with van der Waals surface area (Å²) in [6, 6.07) is 9.70. The van der Waals surface area contributed by atoms with Crippen LogP contribution in [0.4, 0.5) is 5.82 Å². The number of fused-ring (bicyclic) bond motifs is 1. The quantitative estimate of drug-likeness (QED) is 0.908. The summed E-state index contributed by atoms with van der Waals surface area (Å²) in [4.78, 5) is 20.0. The minimum absolute atomic E-state index is 0.00991. The third-order valence-electron chi connectivity index (χ3n) is 3.46. The van der Waals surface area contributed by atoms with Gasteiger partial charge in [0, 0.05) is 31.6 Å². The van der Waals surface area contributed by atoms with Gasteiger partial charge in [0.1, 0.15) is 5.82 Å². The van der Waals surface area contributed by atoms with E-state index in [2.05, 4.69) is 4.98 Å². The van der Waals surface area contributed by atoms with E-state index in [4.69, 9.17) is 0 Å². The van der Waals surface area contributed by atoms with Crippen LogP contribution in [0.2, 0.25) is 0 Å². The zero-order valence-electron chi connectivity index (χ0n) is 12.7. The largest absolute Gasteiger partial charge is 0.392 e. The normalized spacial score (nSPS) is 10.7. The Hall–Kier alpha value is -2.14. The van der Waals surface area contributed by atoms with E-state index in [-0.39, 0.29) is 19.1 Å². The average Bonchev–Trinajstić information content (AvgIpc) is 2.50. The summed E-state index contributed by atoms with van der Waals surface area (Å²) in [7, 11) is 3.47. The summed E-state index contributed by atoms with van der Waals surface area (Å²) in [5.74, 6) is 0.685. The minimum Gasteiger partial charge on any atom is -0.392 e. The smallest absolute Gasteiger partial charge is 0.241 e. The van der Waals surface area contributed by atoms with E-state index in [1.165, 1.54) is 0 Å². The lowest BCUT2D eigenvalue weighted by atomic mass is 10.1. The molecule has 2 aromatic rings. The Bertz CT molecular complexity index is 640. The number of nitrogens with zero attached hydrogens (tertiary/aromatic N) is 3. The Morgan fingerprint density at radius 1 is 1.29 bits per heavy atom. The number of pyridine rings is 1. The molecule has 0 unspecified atom stereocenters. The van der Waals surface area contributed by atoms with E-state index < -0.39 is 0 Å². The average molecular weight is 287 g/mol. The van der Waals surface area contributed by atoms with Gasteiger partial charge < -0.3 is 14.9 Å². The van der Waals surface area contributed by atoms with Crippen molar-refractivity contribution in [3.8, 4) is 0 Å². The summed E-state index contributed by atoms with van der Waals surface area (Å²) >= 11 is 0. The molecular weight excluding hydrogens is 266 g/mol. The van der Waals surface area contributed by atoms with Crippen molar-refractivity contribution in [3.63, 3.8) is 0 Å². The fourth-order valence-corrected chi connectivity index (χ4v) is 2.18. The van der Waals surface area contributed by atoms with Gasteiger partial charge in [0.05, 0.1) is 18.7 Å². The van der Waals surface area contributed by atoms with Gasteiger partial charge in [-0.3, -0.25) is 4.79 Å². The van der Waals surface area contributed by atoms with Gasteiger partial charge in [0.25, 0.3) is 0 Å². The zero-order valence-corrected chi connectivity index (χ0v) is 12.7. The van der Waals surface area contributed by atoms with Crippen molar-refractivity contribution in [2.24, 2.45) is 0 Å². The number of carbonyl (C=O) groups is 1. The summed E-state index contributed by atoms with van der Waals surface area (Å²) in [6.45, 7) is 2.78. The van der Waals surface area contributed by atoms with Crippen molar-refractivity contribution in [1.29, 1.82) is 0 Å². The van der Waals surface area contributed by atoms with Crippen LogP contribution in [0.5, 0.6) is 0 Å². The molecule has 0 bridgehead atoms. The molecule has 0 spiro atoms. The Morgan fingerprint density at radius 3 is 2.62 bits per heavy atom. The molecule has 0 aliphatic heterocycles. The van der Waals surface area contributed by atoms with Gasteiger partial charge in [-0.2, -0.15) is 0 Å². The van der Waals surface area contributed by atoms with Gasteiger partial charge in [-0.05, 0) is 19.1 Å². The van der Waals surface area contributed by atoms with Gasteiger partial charge in [-0.1, -0.05) is 18.2 Å². The highest BCUT2D eigenvalue weighted by Gasteiger charge is 2.16. The molecular formula is C16H21N3O2. The molecule has 5 nitrogen and oxygen atoms in total. The third-order valence-corrected chi connectivity index (χ3v) is 3.46. The van der Waals surface area contributed by atoms with Crippen LogP contribution in [0.25, 0.3) is 10.9 Å². The van der Waals surface area contributed by atoms with Gasteiger partial charge in [-0.15, -0.1) is 0 Å². The topological polar surface area (TPSA) is 56.7 Å². The third kappa shape index (κ3) is 3.31. The molecule has 0 atom stereocenters. The van der Waals surface area contributed by atoms with Crippen LogP contribution in [0, 0.1) is 0 Å². The monoisotopic (exact) mass is 287 g/mol. The Morgan fingerprint density at radius 2 is 2.00 bits per heavy atom. The predicted molar refractivity (Wildman–Crippen MR) is 84.2 cm³/mol. The van der Waals surface area contributed by atoms with E-state index in [0.29, 0.717) is 12.4 Å². The maximum atomic E-state index is 11.9. The summed E-state index contributed by atoms with van der Waals surface area (Å²) < 4.78 is 0. The van der Waals surface area contributed by atoms with E-state index in [0.717, 1.165) is 16.5 Å². The van der Waals surface area contributed by atoms with Crippen LogP contribution in [0.1, 0.15) is 12.5 Å². The highest BCUT2D eigenvalue weighted by atomic mass is 16.3. The molecule has 0 saturated heterocycles. The minimum atomic E-state index is -0.0974. The summed E-state index contributed by atoms with van der Waals surface area (Å²) in [5.41, 5.74) is 1.60. The van der Waals surface area contributed by atoms with Crippen molar-refractivity contribution >= 4 is 22.6 Å². The van der Waals surface area contributed by atoms with Crippen LogP contribution in [0.3, 0.4) is 0 Å². The number of likely N-dealkylation sites (N-methyl/N-ethyl adjacent to an activating group) is 2. The Labute approximate surface area is 124 Å². The van der Waals surface area contributed by atoms with E-state index in [1.54, 1.807) is 19.0 Å². The standard InChI is InChI=1S/C16H21N3O2/c1-4-19(10-15(21)18(2)3)16-13(11-20)9-12-7-5-6-8-14(12)17-16/h5-9,20H,4,10-11H2,1-3H3. The molecule has 0 aliphatic carbocycles. The highest BCUT2D eigenvalue weighted by molar-refractivity contribution is 5.84. The first kappa shape index (κ1) is 15.3. The van der Waals surface area contributed by atoms with Crippen molar-refractivity contribution in [3.05, 3.63) is 35.9 Å². The Kier molecular flexibility index (Phi) is 4.75. The zero-order chi connectivity index (χ0) is 15.4. The summed E-state index contributed by atoms with van der Waals surface area (Å²) in [6.07, 6.45) is 0. The number of carbonyl (C=O) groups excluding carboxylic acids is 1. The molecule has 1 aromatic heterocycles. The molecule has 5 heteroatoms. The SMILES string of the molecule is CCN(CC(=O)N(C)C)c1nc2ccccc2cc1CO. The number of amides is 1. The number of hydrogen-bond donors (Lipinski definition) is 1. The molecule has 2 rings (SSSR count). The van der Waals surface area contributed by atoms with Crippen molar-refractivity contribution in [2.45, 2.75) is 13.5 Å². The van der Waals surface area contributed by atoms with Crippen LogP contribution in [-0.4, -0.2) is 48.1 Å². The molecule has 0 aliphatic rings.